The summed E-state index contributed by atoms with van der Waals surface area (Å²) in [6.45, 7) is 0. The van der Waals surface area contributed by atoms with E-state index in [1.54, 1.807) is 24.3 Å². The van der Waals surface area contributed by atoms with E-state index in [0.717, 1.165) is 0 Å². The second-order valence-electron chi connectivity index (χ2n) is 3.91. The summed E-state index contributed by atoms with van der Waals surface area (Å²) >= 11 is 9.38. The molecular weight excluding hydrogens is 335 g/mol. The van der Waals surface area contributed by atoms with E-state index in [2.05, 4.69) is 15.9 Å². The van der Waals surface area contributed by atoms with Crippen LogP contribution in [-0.2, 0) is 0 Å². The van der Waals surface area contributed by atoms with Gasteiger partial charge >= 0.3 is 0 Å². The Morgan fingerprint density at radius 1 is 1.21 bits per heavy atom. The Morgan fingerprint density at radius 3 is 2.53 bits per heavy atom. The highest BCUT2D eigenvalue weighted by Gasteiger charge is 2.20. The third kappa shape index (κ3) is 2.76. The first-order valence-corrected chi connectivity index (χ1v) is 6.67. The molecule has 0 fully saturated rings. The van der Waals surface area contributed by atoms with E-state index in [0.29, 0.717) is 15.1 Å². The van der Waals surface area contributed by atoms with E-state index in [1.165, 1.54) is 19.2 Å². The molecule has 2 rings (SSSR count). The summed E-state index contributed by atoms with van der Waals surface area (Å²) in [5.41, 5.74) is 0.558. The standard InChI is InChI=1S/C14H11BrClFO2/c1-19-11-7-3-5-9(13(11)17)14(18)8-4-2-6-10(15)12(8)16/h2-7,14,18H,1H3. The van der Waals surface area contributed by atoms with Crippen molar-refractivity contribution in [1.82, 2.24) is 0 Å². The Balaban J connectivity index is 2.50. The van der Waals surface area contributed by atoms with Gasteiger partial charge in [0.2, 0.25) is 0 Å². The molecule has 0 aliphatic heterocycles. The molecule has 1 unspecified atom stereocenters. The zero-order valence-corrected chi connectivity index (χ0v) is 12.4. The van der Waals surface area contributed by atoms with E-state index >= 15 is 0 Å². The minimum Gasteiger partial charge on any atom is -0.494 e. The average Bonchev–Trinajstić information content (AvgIpc) is 2.41. The lowest BCUT2D eigenvalue weighted by Crippen LogP contribution is -2.04. The normalized spacial score (nSPS) is 12.3. The Kier molecular flexibility index (Phi) is 4.45. The van der Waals surface area contributed by atoms with Crippen molar-refractivity contribution in [1.29, 1.82) is 0 Å². The first kappa shape index (κ1) is 14.3. The molecule has 2 aromatic carbocycles. The van der Waals surface area contributed by atoms with E-state index < -0.39 is 11.9 Å². The maximum atomic E-state index is 14.1. The Bertz CT molecular complexity index is 604. The molecule has 0 saturated heterocycles. The van der Waals surface area contributed by atoms with Gasteiger partial charge in [-0.15, -0.1) is 0 Å². The number of ether oxygens (including phenoxy) is 1. The van der Waals surface area contributed by atoms with E-state index in [4.69, 9.17) is 16.3 Å². The molecule has 19 heavy (non-hydrogen) atoms. The van der Waals surface area contributed by atoms with Gasteiger partial charge in [-0.05, 0) is 28.1 Å². The van der Waals surface area contributed by atoms with Crippen molar-refractivity contribution < 1.29 is 14.2 Å². The molecule has 0 aliphatic rings. The van der Waals surface area contributed by atoms with E-state index in [1.807, 2.05) is 0 Å². The zero-order chi connectivity index (χ0) is 14.0. The van der Waals surface area contributed by atoms with Crippen LogP contribution in [0.1, 0.15) is 17.2 Å². The number of rotatable bonds is 3. The Morgan fingerprint density at radius 2 is 1.84 bits per heavy atom. The fourth-order valence-corrected chi connectivity index (χ4v) is 2.41. The molecular formula is C14H11BrClFO2. The van der Waals surface area contributed by atoms with Gasteiger partial charge in [0.1, 0.15) is 6.10 Å². The largest absolute Gasteiger partial charge is 0.494 e. The molecule has 0 aliphatic carbocycles. The third-order valence-corrected chi connectivity index (χ3v) is 4.09. The molecule has 0 bridgehead atoms. The molecule has 2 nitrogen and oxygen atoms in total. The van der Waals surface area contributed by atoms with Crippen LogP contribution in [-0.4, -0.2) is 12.2 Å². The minimum absolute atomic E-state index is 0.0858. The monoisotopic (exact) mass is 344 g/mol. The predicted molar refractivity (Wildman–Crippen MR) is 76.2 cm³/mol. The van der Waals surface area contributed by atoms with Crippen molar-refractivity contribution in [2.75, 3.05) is 7.11 Å². The predicted octanol–water partition coefficient (Wildman–Crippen LogP) is 4.33. The van der Waals surface area contributed by atoms with Gasteiger partial charge < -0.3 is 9.84 Å². The van der Waals surface area contributed by atoms with Crippen molar-refractivity contribution in [3.05, 3.63) is 62.8 Å². The molecule has 0 heterocycles. The first-order valence-electron chi connectivity index (χ1n) is 5.50. The smallest absolute Gasteiger partial charge is 0.171 e. The molecule has 5 heteroatoms. The summed E-state index contributed by atoms with van der Waals surface area (Å²) in [5, 5.41) is 10.7. The lowest BCUT2D eigenvalue weighted by molar-refractivity contribution is 0.213. The number of aliphatic hydroxyl groups is 1. The fraction of sp³-hybridized carbons (Fsp3) is 0.143. The van der Waals surface area contributed by atoms with Gasteiger partial charge in [-0.25, -0.2) is 4.39 Å². The molecule has 1 atom stereocenters. The van der Waals surface area contributed by atoms with E-state index in [-0.39, 0.29) is 11.3 Å². The van der Waals surface area contributed by atoms with E-state index in [9.17, 15) is 9.50 Å². The summed E-state index contributed by atoms with van der Waals surface area (Å²) in [4.78, 5) is 0. The van der Waals surface area contributed by atoms with Crippen molar-refractivity contribution in [3.8, 4) is 5.75 Å². The van der Waals surface area contributed by atoms with Crippen LogP contribution >= 0.6 is 27.5 Å². The summed E-state index contributed by atoms with van der Waals surface area (Å²) in [6, 6.07) is 9.74. The van der Waals surface area contributed by atoms with Crippen LogP contribution in [0, 0.1) is 5.82 Å². The molecule has 100 valence electrons. The SMILES string of the molecule is COc1cccc(C(O)c2cccc(Br)c2Cl)c1F. The highest BCUT2D eigenvalue weighted by molar-refractivity contribution is 9.10. The summed E-state index contributed by atoms with van der Waals surface area (Å²) < 4.78 is 19.6. The minimum atomic E-state index is -1.15. The Hall–Kier alpha value is -1.10. The summed E-state index contributed by atoms with van der Waals surface area (Å²) in [7, 11) is 1.38. The number of benzene rings is 2. The van der Waals surface area contributed by atoms with Gasteiger partial charge in [0.25, 0.3) is 0 Å². The number of aliphatic hydroxyl groups excluding tert-OH is 1. The van der Waals surface area contributed by atoms with Gasteiger partial charge in [-0.2, -0.15) is 0 Å². The molecule has 0 radical (unpaired) electrons. The van der Waals surface area contributed by atoms with Crippen molar-refractivity contribution in [3.63, 3.8) is 0 Å². The van der Waals surface area contributed by atoms with Crippen LogP contribution in [0.3, 0.4) is 0 Å². The number of hydrogen-bond donors (Lipinski definition) is 1. The van der Waals surface area contributed by atoms with Gasteiger partial charge in [0.05, 0.1) is 12.1 Å². The second kappa shape index (κ2) is 5.90. The molecule has 2 aromatic rings. The molecule has 0 aromatic heterocycles. The molecule has 0 saturated carbocycles. The highest BCUT2D eigenvalue weighted by Crippen LogP contribution is 2.35. The highest BCUT2D eigenvalue weighted by atomic mass is 79.9. The van der Waals surface area contributed by atoms with Crippen LogP contribution in [0.15, 0.2) is 40.9 Å². The summed E-state index contributed by atoms with van der Waals surface area (Å²) in [6.07, 6.45) is -1.15. The molecule has 1 N–H and O–H groups in total. The third-order valence-electron chi connectivity index (χ3n) is 2.78. The molecule has 0 amide bonds. The van der Waals surface area contributed by atoms with Crippen molar-refractivity contribution in [2.45, 2.75) is 6.10 Å². The first-order chi connectivity index (χ1) is 9.06. The lowest BCUT2D eigenvalue weighted by Gasteiger charge is -2.16. The van der Waals surface area contributed by atoms with Gasteiger partial charge in [0, 0.05) is 15.6 Å². The van der Waals surface area contributed by atoms with Crippen LogP contribution in [0.5, 0.6) is 5.75 Å². The number of methoxy groups -OCH3 is 1. The maximum Gasteiger partial charge on any atom is 0.171 e. The van der Waals surface area contributed by atoms with Crippen LogP contribution in [0.4, 0.5) is 4.39 Å². The quantitative estimate of drug-likeness (QED) is 0.897. The fourth-order valence-electron chi connectivity index (χ4n) is 1.80. The topological polar surface area (TPSA) is 29.5 Å². The number of hydrogen-bond acceptors (Lipinski definition) is 2. The van der Waals surface area contributed by atoms with Gasteiger partial charge in [-0.3, -0.25) is 0 Å². The summed E-state index contributed by atoms with van der Waals surface area (Å²) in [5.74, 6) is -0.504. The maximum absolute atomic E-state index is 14.1. The van der Waals surface area contributed by atoms with Crippen LogP contribution in [0.25, 0.3) is 0 Å². The zero-order valence-electron chi connectivity index (χ0n) is 10.0. The second-order valence-corrected chi connectivity index (χ2v) is 5.14. The van der Waals surface area contributed by atoms with Crippen LogP contribution in [0.2, 0.25) is 5.02 Å². The Labute approximate surface area is 123 Å². The van der Waals surface area contributed by atoms with Crippen molar-refractivity contribution in [2.24, 2.45) is 0 Å². The average molecular weight is 346 g/mol. The van der Waals surface area contributed by atoms with Gasteiger partial charge in [-0.1, -0.05) is 35.9 Å². The lowest BCUT2D eigenvalue weighted by atomic mass is 10.0. The van der Waals surface area contributed by atoms with Crippen LogP contribution < -0.4 is 4.74 Å². The van der Waals surface area contributed by atoms with Crippen molar-refractivity contribution >= 4 is 27.5 Å². The number of halogens is 3. The van der Waals surface area contributed by atoms with Gasteiger partial charge in [0.15, 0.2) is 11.6 Å². The molecule has 0 spiro atoms.